The van der Waals surface area contributed by atoms with E-state index in [1.54, 1.807) is 13.8 Å². The van der Waals surface area contributed by atoms with E-state index < -0.39 is 23.5 Å². The van der Waals surface area contributed by atoms with Crippen molar-refractivity contribution < 1.29 is 26.9 Å². The van der Waals surface area contributed by atoms with Gasteiger partial charge in [-0.3, -0.25) is 4.79 Å². The Morgan fingerprint density at radius 2 is 1.79 bits per heavy atom. The molecule has 0 unspecified atom stereocenters. The lowest BCUT2D eigenvalue weighted by Crippen LogP contribution is -2.15. The number of benzene rings is 2. The van der Waals surface area contributed by atoms with E-state index >= 15 is 0 Å². The van der Waals surface area contributed by atoms with E-state index in [9.17, 15) is 22.4 Å². The molecule has 0 bridgehead atoms. The molecule has 2 aromatic carbocycles. The molecule has 0 aliphatic carbocycles. The highest BCUT2D eigenvalue weighted by Gasteiger charge is 2.34. The van der Waals surface area contributed by atoms with Crippen LogP contribution in [0.3, 0.4) is 0 Å². The molecule has 0 radical (unpaired) electrons. The third-order valence-electron chi connectivity index (χ3n) is 4.33. The van der Waals surface area contributed by atoms with Crippen molar-refractivity contribution in [2.75, 3.05) is 10.6 Å². The predicted molar refractivity (Wildman–Crippen MR) is 99.1 cm³/mol. The Morgan fingerprint density at radius 1 is 1.10 bits per heavy atom. The highest BCUT2D eigenvalue weighted by atomic mass is 19.4. The summed E-state index contributed by atoms with van der Waals surface area (Å²) >= 11 is 0. The summed E-state index contributed by atoms with van der Waals surface area (Å²) in [4.78, 5) is 12.2. The molecular weight excluding hydrogens is 390 g/mol. The number of anilines is 2. The Kier molecular flexibility index (Phi) is 5.58. The van der Waals surface area contributed by atoms with Crippen molar-refractivity contribution in [3.63, 3.8) is 0 Å². The average molecular weight is 407 g/mol. The van der Waals surface area contributed by atoms with E-state index in [0.29, 0.717) is 17.0 Å². The minimum absolute atomic E-state index is 0.0328. The summed E-state index contributed by atoms with van der Waals surface area (Å²) in [5, 5.41) is 8.91. The maximum Gasteiger partial charge on any atom is 0.418 e. The zero-order valence-electron chi connectivity index (χ0n) is 15.5. The first-order valence-electron chi connectivity index (χ1n) is 8.59. The summed E-state index contributed by atoms with van der Waals surface area (Å²) in [5.74, 6) is -0.643. The molecule has 29 heavy (non-hydrogen) atoms. The predicted octanol–water partition coefficient (Wildman–Crippen LogP) is 5.31. The molecule has 152 valence electrons. The molecule has 2 N–H and O–H groups in total. The van der Waals surface area contributed by atoms with Gasteiger partial charge in [0.25, 0.3) is 5.91 Å². The minimum Gasteiger partial charge on any atom is -0.380 e. The van der Waals surface area contributed by atoms with Crippen molar-refractivity contribution in [2.24, 2.45) is 0 Å². The first-order valence-corrected chi connectivity index (χ1v) is 8.59. The van der Waals surface area contributed by atoms with Crippen LogP contribution in [0.25, 0.3) is 0 Å². The van der Waals surface area contributed by atoms with E-state index in [-0.39, 0.29) is 23.5 Å². The third-order valence-corrected chi connectivity index (χ3v) is 4.33. The number of amides is 1. The number of hydrogen-bond acceptors (Lipinski definition) is 4. The number of aryl methyl sites for hydroxylation is 2. The second-order valence-corrected chi connectivity index (χ2v) is 6.38. The van der Waals surface area contributed by atoms with Crippen LogP contribution in [-0.2, 0) is 12.7 Å². The number of halogens is 4. The van der Waals surface area contributed by atoms with E-state index in [2.05, 4.69) is 15.8 Å². The second-order valence-electron chi connectivity index (χ2n) is 6.38. The van der Waals surface area contributed by atoms with Crippen LogP contribution in [0.1, 0.15) is 32.9 Å². The number of carbonyl (C=O) groups excluding carboxylic acids is 1. The summed E-state index contributed by atoms with van der Waals surface area (Å²) in [6, 6.07) is 8.12. The first-order chi connectivity index (χ1) is 13.6. The van der Waals surface area contributed by atoms with Crippen molar-refractivity contribution in [2.45, 2.75) is 26.6 Å². The lowest BCUT2D eigenvalue weighted by atomic mass is 10.1. The smallest absolute Gasteiger partial charge is 0.380 e. The van der Waals surface area contributed by atoms with Gasteiger partial charge in [-0.25, -0.2) is 4.39 Å². The molecule has 1 amide bonds. The Labute approximate surface area is 163 Å². The normalized spacial score (nSPS) is 11.4. The number of alkyl halides is 3. The molecular formula is C20H17F4N3O2. The standard InChI is InChI=1S/C20H17F4N3O2/c1-11-16(12(2)29-27-11)10-25-18-8-7-15(9-17(18)20(22,23)24)26-19(28)13-3-5-14(21)6-4-13/h3-9,25H,10H2,1-2H3,(H,26,28). The quantitative estimate of drug-likeness (QED) is 0.562. The molecule has 0 aliphatic rings. The summed E-state index contributed by atoms with van der Waals surface area (Å²) in [6.45, 7) is 3.48. The van der Waals surface area contributed by atoms with Crippen LogP contribution < -0.4 is 10.6 Å². The molecule has 5 nitrogen and oxygen atoms in total. The number of aromatic nitrogens is 1. The van der Waals surface area contributed by atoms with Gasteiger partial charge in [0.15, 0.2) is 0 Å². The maximum atomic E-state index is 13.5. The van der Waals surface area contributed by atoms with Crippen molar-refractivity contribution in [3.8, 4) is 0 Å². The fourth-order valence-corrected chi connectivity index (χ4v) is 2.75. The highest BCUT2D eigenvalue weighted by Crippen LogP contribution is 2.37. The van der Waals surface area contributed by atoms with Gasteiger partial charge in [-0.15, -0.1) is 0 Å². The maximum absolute atomic E-state index is 13.5. The number of hydrogen-bond donors (Lipinski definition) is 2. The van der Waals surface area contributed by atoms with Gasteiger partial charge in [-0.2, -0.15) is 13.2 Å². The van der Waals surface area contributed by atoms with Gasteiger partial charge in [0.05, 0.1) is 11.3 Å². The number of nitrogens with zero attached hydrogens (tertiary/aromatic N) is 1. The molecule has 0 fully saturated rings. The van der Waals surface area contributed by atoms with Crippen molar-refractivity contribution in [1.29, 1.82) is 0 Å². The lowest BCUT2D eigenvalue weighted by molar-refractivity contribution is -0.136. The Morgan fingerprint density at radius 3 is 2.38 bits per heavy atom. The highest BCUT2D eigenvalue weighted by molar-refractivity contribution is 6.04. The van der Waals surface area contributed by atoms with Gasteiger partial charge in [0.2, 0.25) is 0 Å². The molecule has 0 aliphatic heterocycles. The second kappa shape index (κ2) is 7.94. The monoisotopic (exact) mass is 407 g/mol. The molecule has 1 aromatic heterocycles. The minimum atomic E-state index is -4.64. The van der Waals surface area contributed by atoms with Crippen LogP contribution in [0, 0.1) is 19.7 Å². The van der Waals surface area contributed by atoms with Gasteiger partial charge >= 0.3 is 6.18 Å². The molecule has 0 saturated heterocycles. The van der Waals surface area contributed by atoms with E-state index in [1.807, 2.05) is 0 Å². The van der Waals surface area contributed by atoms with Crippen LogP contribution >= 0.6 is 0 Å². The summed E-state index contributed by atoms with van der Waals surface area (Å²) in [7, 11) is 0. The zero-order valence-corrected chi connectivity index (χ0v) is 15.5. The largest absolute Gasteiger partial charge is 0.418 e. The molecule has 1 heterocycles. The number of nitrogens with one attached hydrogen (secondary N) is 2. The van der Waals surface area contributed by atoms with Crippen molar-refractivity contribution in [1.82, 2.24) is 5.16 Å². The summed E-state index contributed by atoms with van der Waals surface area (Å²) in [5.41, 5.74) is 0.284. The van der Waals surface area contributed by atoms with Gasteiger partial charge in [-0.1, -0.05) is 5.16 Å². The molecule has 3 rings (SSSR count). The van der Waals surface area contributed by atoms with Gasteiger partial charge in [0, 0.05) is 29.0 Å². The van der Waals surface area contributed by atoms with Crippen molar-refractivity contribution >= 4 is 17.3 Å². The Balaban J connectivity index is 1.82. The number of carbonyl (C=O) groups is 1. The van der Waals surface area contributed by atoms with Gasteiger partial charge in [0.1, 0.15) is 11.6 Å². The van der Waals surface area contributed by atoms with Crippen molar-refractivity contribution in [3.05, 3.63) is 76.4 Å². The van der Waals surface area contributed by atoms with Crippen LogP contribution in [0.15, 0.2) is 47.0 Å². The van der Waals surface area contributed by atoms with Crippen LogP contribution in [0.4, 0.5) is 28.9 Å². The fourth-order valence-electron chi connectivity index (χ4n) is 2.75. The molecule has 9 heteroatoms. The Bertz CT molecular complexity index is 1010. The molecule has 0 atom stereocenters. The molecule has 3 aromatic rings. The average Bonchev–Trinajstić information content (AvgIpc) is 2.98. The van der Waals surface area contributed by atoms with E-state index in [1.165, 1.54) is 24.3 Å². The lowest BCUT2D eigenvalue weighted by Gasteiger charge is -2.16. The van der Waals surface area contributed by atoms with Gasteiger partial charge in [-0.05, 0) is 56.3 Å². The van der Waals surface area contributed by atoms with Crippen LogP contribution in [0.2, 0.25) is 0 Å². The zero-order chi connectivity index (χ0) is 21.2. The Hall–Kier alpha value is -3.36. The first kappa shape index (κ1) is 20.4. The van der Waals surface area contributed by atoms with E-state index in [4.69, 9.17) is 4.52 Å². The topological polar surface area (TPSA) is 67.2 Å². The van der Waals surface area contributed by atoms with E-state index in [0.717, 1.165) is 18.2 Å². The number of rotatable bonds is 5. The van der Waals surface area contributed by atoms with Crippen LogP contribution in [-0.4, -0.2) is 11.1 Å². The van der Waals surface area contributed by atoms with Gasteiger partial charge < -0.3 is 15.2 Å². The molecule has 0 spiro atoms. The fraction of sp³-hybridized carbons (Fsp3) is 0.200. The summed E-state index contributed by atoms with van der Waals surface area (Å²) < 4.78 is 58.6. The summed E-state index contributed by atoms with van der Waals surface area (Å²) in [6.07, 6.45) is -4.64. The molecule has 0 saturated carbocycles. The SMILES string of the molecule is Cc1noc(C)c1CNc1ccc(NC(=O)c2ccc(F)cc2)cc1C(F)(F)F. The van der Waals surface area contributed by atoms with Crippen LogP contribution in [0.5, 0.6) is 0 Å². The third kappa shape index (κ3) is 4.74.